The summed E-state index contributed by atoms with van der Waals surface area (Å²) >= 11 is 0. The van der Waals surface area contributed by atoms with Crippen molar-refractivity contribution in [2.75, 3.05) is 13.1 Å². The summed E-state index contributed by atoms with van der Waals surface area (Å²) in [6.07, 6.45) is 7.78. The third-order valence-electron chi connectivity index (χ3n) is 3.84. The fraction of sp³-hybridized carbons (Fsp3) is 0.750. The first kappa shape index (κ1) is 10.3. The monoisotopic (exact) mass is 221 g/mol. The van der Waals surface area contributed by atoms with Crippen LogP contribution in [-0.2, 0) is 6.42 Å². The largest absolute Gasteiger partial charge is 0.361 e. The van der Waals surface area contributed by atoms with Gasteiger partial charge in [-0.1, -0.05) is 11.6 Å². The topological polar surface area (TPSA) is 55.3 Å². The van der Waals surface area contributed by atoms with Gasteiger partial charge in [-0.25, -0.2) is 0 Å². The van der Waals surface area contributed by atoms with Crippen LogP contribution in [0.25, 0.3) is 0 Å². The summed E-state index contributed by atoms with van der Waals surface area (Å²) < 4.78 is 5.29. The molecule has 1 aliphatic carbocycles. The molecule has 2 N–H and O–H groups in total. The van der Waals surface area contributed by atoms with Gasteiger partial charge in [-0.05, 0) is 32.4 Å². The Morgan fingerprint density at radius 2 is 2.12 bits per heavy atom. The maximum Gasteiger partial charge on any atom is 0.143 e. The average molecular weight is 221 g/mol. The van der Waals surface area contributed by atoms with Crippen molar-refractivity contribution in [2.45, 2.75) is 44.2 Å². The van der Waals surface area contributed by atoms with Crippen molar-refractivity contribution in [2.24, 2.45) is 5.73 Å². The second-order valence-electron chi connectivity index (χ2n) is 5.02. The molecule has 0 bridgehead atoms. The Morgan fingerprint density at radius 1 is 1.31 bits per heavy atom. The molecule has 4 nitrogen and oxygen atoms in total. The minimum absolute atomic E-state index is 0.229. The van der Waals surface area contributed by atoms with E-state index in [0.717, 1.165) is 18.6 Å². The van der Waals surface area contributed by atoms with Gasteiger partial charge in [0, 0.05) is 24.1 Å². The van der Waals surface area contributed by atoms with Gasteiger partial charge >= 0.3 is 0 Å². The Kier molecular flexibility index (Phi) is 2.69. The van der Waals surface area contributed by atoms with E-state index < -0.39 is 0 Å². The van der Waals surface area contributed by atoms with E-state index >= 15 is 0 Å². The van der Waals surface area contributed by atoms with Crippen LogP contribution in [0.3, 0.4) is 0 Å². The molecule has 0 aromatic carbocycles. The van der Waals surface area contributed by atoms with Crippen molar-refractivity contribution in [1.82, 2.24) is 10.1 Å². The zero-order chi connectivity index (χ0) is 11.0. The number of aromatic nitrogens is 1. The molecule has 0 radical (unpaired) electrons. The lowest BCUT2D eigenvalue weighted by molar-refractivity contribution is 0.139. The zero-order valence-corrected chi connectivity index (χ0v) is 9.56. The van der Waals surface area contributed by atoms with Crippen molar-refractivity contribution in [3.63, 3.8) is 0 Å². The molecule has 0 amide bonds. The van der Waals surface area contributed by atoms with Crippen LogP contribution in [0.2, 0.25) is 0 Å². The Labute approximate surface area is 95.8 Å². The molecule has 2 aliphatic rings. The van der Waals surface area contributed by atoms with Gasteiger partial charge < -0.3 is 10.3 Å². The van der Waals surface area contributed by atoms with Gasteiger partial charge in [0.15, 0.2) is 0 Å². The molecule has 1 fully saturated rings. The molecule has 16 heavy (non-hydrogen) atoms. The number of likely N-dealkylation sites (tertiary alicyclic amines) is 1. The van der Waals surface area contributed by atoms with E-state index in [2.05, 4.69) is 10.1 Å². The van der Waals surface area contributed by atoms with Crippen LogP contribution >= 0.6 is 0 Å². The summed E-state index contributed by atoms with van der Waals surface area (Å²) in [6, 6.07) is 0.678. The van der Waals surface area contributed by atoms with Gasteiger partial charge in [0.25, 0.3) is 0 Å². The summed E-state index contributed by atoms with van der Waals surface area (Å²) in [4.78, 5) is 2.55. The van der Waals surface area contributed by atoms with Gasteiger partial charge in [0.1, 0.15) is 5.76 Å². The fourth-order valence-electron chi connectivity index (χ4n) is 3.01. The lowest BCUT2D eigenvalue weighted by atomic mass is 9.88. The lowest BCUT2D eigenvalue weighted by Gasteiger charge is -2.37. The first-order chi connectivity index (χ1) is 7.84. The van der Waals surface area contributed by atoms with Crippen LogP contribution in [0.1, 0.15) is 43.0 Å². The van der Waals surface area contributed by atoms with Crippen molar-refractivity contribution in [3.05, 3.63) is 17.5 Å². The maximum absolute atomic E-state index is 6.09. The number of rotatable bonds is 1. The normalized spacial score (nSPS) is 31.3. The van der Waals surface area contributed by atoms with Crippen molar-refractivity contribution in [3.8, 4) is 0 Å². The SMILES string of the molecule is NC1Cc2oncc2C(N2CCCCC2)C1. The third-order valence-corrected chi connectivity index (χ3v) is 3.84. The number of piperidine rings is 1. The van der Waals surface area contributed by atoms with Crippen molar-refractivity contribution >= 4 is 0 Å². The molecule has 2 heterocycles. The van der Waals surface area contributed by atoms with Crippen LogP contribution < -0.4 is 5.73 Å². The number of hydrogen-bond donors (Lipinski definition) is 1. The van der Waals surface area contributed by atoms with Crippen molar-refractivity contribution < 1.29 is 4.52 Å². The first-order valence-corrected chi connectivity index (χ1v) is 6.27. The summed E-state index contributed by atoms with van der Waals surface area (Å²) in [6.45, 7) is 2.39. The number of fused-ring (bicyclic) bond motifs is 1. The highest BCUT2D eigenvalue weighted by atomic mass is 16.5. The molecule has 88 valence electrons. The quantitative estimate of drug-likeness (QED) is 0.780. The van der Waals surface area contributed by atoms with E-state index in [1.54, 1.807) is 0 Å². The summed E-state index contributed by atoms with van der Waals surface area (Å²) in [7, 11) is 0. The predicted octanol–water partition coefficient (Wildman–Crippen LogP) is 1.48. The summed E-state index contributed by atoms with van der Waals surface area (Å²) in [5, 5.41) is 3.93. The highest BCUT2D eigenvalue weighted by Crippen LogP contribution is 2.35. The smallest absolute Gasteiger partial charge is 0.143 e. The molecule has 1 aromatic rings. The number of nitrogens with two attached hydrogens (primary N) is 1. The van der Waals surface area contributed by atoms with Crippen LogP contribution in [0.15, 0.2) is 10.7 Å². The average Bonchev–Trinajstić information content (AvgIpc) is 2.77. The van der Waals surface area contributed by atoms with Crippen LogP contribution in [-0.4, -0.2) is 29.2 Å². The molecule has 1 saturated heterocycles. The Morgan fingerprint density at radius 3 is 2.94 bits per heavy atom. The number of hydrogen-bond acceptors (Lipinski definition) is 4. The molecular weight excluding hydrogens is 202 g/mol. The molecule has 4 heteroatoms. The molecule has 0 spiro atoms. The standard InChI is InChI=1S/C12H19N3O/c13-9-6-11(15-4-2-1-3-5-15)10-8-14-16-12(10)7-9/h8-9,11H,1-7,13H2. The minimum Gasteiger partial charge on any atom is -0.361 e. The van der Waals surface area contributed by atoms with E-state index in [0.29, 0.717) is 6.04 Å². The second-order valence-corrected chi connectivity index (χ2v) is 5.02. The van der Waals surface area contributed by atoms with Crippen LogP contribution in [0, 0.1) is 0 Å². The van der Waals surface area contributed by atoms with Crippen LogP contribution in [0.4, 0.5) is 0 Å². The third kappa shape index (κ3) is 1.76. The predicted molar refractivity (Wildman–Crippen MR) is 61.0 cm³/mol. The summed E-state index contributed by atoms with van der Waals surface area (Å²) in [5.41, 5.74) is 7.37. The first-order valence-electron chi connectivity index (χ1n) is 6.27. The lowest BCUT2D eigenvalue weighted by Crippen LogP contribution is -2.40. The maximum atomic E-state index is 6.09. The molecule has 3 rings (SSSR count). The Hall–Kier alpha value is -0.870. The number of nitrogens with zero attached hydrogens (tertiary/aromatic N) is 2. The van der Waals surface area contributed by atoms with E-state index in [-0.39, 0.29) is 6.04 Å². The molecule has 2 atom stereocenters. The minimum atomic E-state index is 0.229. The Bertz CT molecular complexity index is 357. The van der Waals surface area contributed by atoms with Gasteiger partial charge in [-0.15, -0.1) is 0 Å². The highest BCUT2D eigenvalue weighted by Gasteiger charge is 2.32. The molecule has 1 aliphatic heterocycles. The molecule has 0 saturated carbocycles. The van der Waals surface area contributed by atoms with E-state index in [4.69, 9.17) is 10.3 Å². The van der Waals surface area contributed by atoms with E-state index in [1.165, 1.54) is 37.9 Å². The second kappa shape index (κ2) is 4.18. The molecule has 1 aromatic heterocycles. The van der Waals surface area contributed by atoms with E-state index in [9.17, 15) is 0 Å². The van der Waals surface area contributed by atoms with Gasteiger partial charge in [0.05, 0.1) is 6.20 Å². The molecular formula is C12H19N3O. The van der Waals surface area contributed by atoms with E-state index in [1.807, 2.05) is 6.20 Å². The Balaban J connectivity index is 1.84. The molecule has 2 unspecified atom stereocenters. The highest BCUT2D eigenvalue weighted by molar-refractivity contribution is 5.23. The zero-order valence-electron chi connectivity index (χ0n) is 9.56. The summed E-state index contributed by atoms with van der Waals surface area (Å²) in [5.74, 6) is 1.01. The fourth-order valence-corrected chi connectivity index (χ4v) is 3.01. The van der Waals surface area contributed by atoms with Crippen molar-refractivity contribution in [1.29, 1.82) is 0 Å². The van der Waals surface area contributed by atoms with Crippen LogP contribution in [0.5, 0.6) is 0 Å². The van der Waals surface area contributed by atoms with Gasteiger partial charge in [-0.3, -0.25) is 4.90 Å². The van der Waals surface area contributed by atoms with Gasteiger partial charge in [-0.2, -0.15) is 0 Å². The van der Waals surface area contributed by atoms with Gasteiger partial charge in [0.2, 0.25) is 0 Å².